The van der Waals surface area contributed by atoms with E-state index in [1.54, 1.807) is 7.11 Å². The minimum absolute atomic E-state index is 0.0509. The first-order chi connectivity index (χ1) is 8.27. The van der Waals surface area contributed by atoms with E-state index in [1.807, 2.05) is 0 Å². The minimum atomic E-state index is -4.22. The maximum absolute atomic E-state index is 11.8. The van der Waals surface area contributed by atoms with Gasteiger partial charge >= 0.3 is 6.18 Å². The Balaban J connectivity index is 3.52. The molecule has 3 nitrogen and oxygen atoms in total. The summed E-state index contributed by atoms with van der Waals surface area (Å²) in [5.74, 6) is 0. The minimum Gasteiger partial charge on any atom is -0.383 e. The molecule has 110 valence electrons. The van der Waals surface area contributed by atoms with E-state index in [2.05, 4.69) is 23.9 Å². The molecule has 0 spiro atoms. The average Bonchev–Trinajstić information content (AvgIpc) is 2.22. The second-order valence-electron chi connectivity index (χ2n) is 5.11. The van der Waals surface area contributed by atoms with Gasteiger partial charge in [0.05, 0.1) is 6.61 Å². The second-order valence-corrected chi connectivity index (χ2v) is 5.11. The molecule has 0 heterocycles. The van der Waals surface area contributed by atoms with Crippen molar-refractivity contribution in [2.24, 2.45) is 5.41 Å². The summed E-state index contributed by atoms with van der Waals surface area (Å²) in [6.45, 7) is 5.42. The predicted octanol–water partition coefficient (Wildman–Crippen LogP) is 2.61. The van der Waals surface area contributed by atoms with Gasteiger partial charge in [0.2, 0.25) is 0 Å². The molecule has 0 fully saturated rings. The molecule has 0 aromatic heterocycles. The molecule has 18 heavy (non-hydrogen) atoms. The highest BCUT2D eigenvalue weighted by Gasteiger charge is 2.27. The first kappa shape index (κ1) is 17.7. The topological polar surface area (TPSA) is 30.5 Å². The van der Waals surface area contributed by atoms with Crippen molar-refractivity contribution >= 4 is 0 Å². The van der Waals surface area contributed by atoms with Gasteiger partial charge in [-0.05, 0) is 18.3 Å². The van der Waals surface area contributed by atoms with Crippen LogP contribution in [0.2, 0.25) is 0 Å². The van der Waals surface area contributed by atoms with Crippen LogP contribution in [-0.2, 0) is 9.47 Å². The molecule has 0 aliphatic heterocycles. The van der Waals surface area contributed by atoms with Crippen molar-refractivity contribution in [3.63, 3.8) is 0 Å². The zero-order valence-electron chi connectivity index (χ0n) is 11.4. The lowest BCUT2D eigenvalue weighted by molar-refractivity contribution is -0.174. The summed E-state index contributed by atoms with van der Waals surface area (Å²) < 4.78 is 44.9. The van der Waals surface area contributed by atoms with Crippen molar-refractivity contribution < 1.29 is 22.6 Å². The molecule has 0 aliphatic rings. The van der Waals surface area contributed by atoms with Gasteiger partial charge in [0.1, 0.15) is 6.61 Å². The van der Waals surface area contributed by atoms with Crippen molar-refractivity contribution in [1.82, 2.24) is 5.32 Å². The number of rotatable bonds is 10. The lowest BCUT2D eigenvalue weighted by Crippen LogP contribution is -2.31. The van der Waals surface area contributed by atoms with Gasteiger partial charge < -0.3 is 14.8 Å². The van der Waals surface area contributed by atoms with Gasteiger partial charge in [-0.25, -0.2) is 0 Å². The third-order valence-corrected chi connectivity index (χ3v) is 2.49. The summed E-state index contributed by atoms with van der Waals surface area (Å²) in [6.07, 6.45) is -2.77. The van der Waals surface area contributed by atoms with Crippen LogP contribution in [0.15, 0.2) is 0 Å². The highest BCUT2D eigenvalue weighted by molar-refractivity contribution is 4.71. The fourth-order valence-electron chi connectivity index (χ4n) is 1.53. The Morgan fingerprint density at radius 3 is 2.33 bits per heavy atom. The van der Waals surface area contributed by atoms with E-state index in [1.165, 1.54) is 0 Å². The van der Waals surface area contributed by atoms with Crippen LogP contribution < -0.4 is 5.32 Å². The molecule has 0 saturated carbocycles. The molecule has 0 saturated heterocycles. The van der Waals surface area contributed by atoms with Crippen LogP contribution in [0.1, 0.15) is 26.7 Å². The van der Waals surface area contributed by atoms with E-state index in [0.717, 1.165) is 19.5 Å². The van der Waals surface area contributed by atoms with E-state index in [4.69, 9.17) is 4.74 Å². The Morgan fingerprint density at radius 2 is 1.78 bits per heavy atom. The molecule has 0 atom stereocenters. The highest BCUT2D eigenvalue weighted by atomic mass is 19.4. The van der Waals surface area contributed by atoms with Gasteiger partial charge in [-0.3, -0.25) is 0 Å². The molecule has 0 rings (SSSR count). The summed E-state index contributed by atoms with van der Waals surface area (Å²) in [5, 5.41) is 3.25. The third-order valence-electron chi connectivity index (χ3n) is 2.49. The molecule has 0 unspecified atom stereocenters. The Bertz CT molecular complexity index is 208. The number of nitrogens with one attached hydrogen (secondary N) is 1. The second kappa shape index (κ2) is 8.72. The van der Waals surface area contributed by atoms with E-state index >= 15 is 0 Å². The number of alkyl halides is 3. The maximum Gasteiger partial charge on any atom is 0.411 e. The van der Waals surface area contributed by atoms with Crippen molar-refractivity contribution in [2.75, 3.05) is 40.0 Å². The maximum atomic E-state index is 11.8. The Morgan fingerprint density at radius 1 is 1.11 bits per heavy atom. The van der Waals surface area contributed by atoms with Crippen LogP contribution in [0, 0.1) is 5.41 Å². The van der Waals surface area contributed by atoms with Gasteiger partial charge in [0.25, 0.3) is 0 Å². The Kier molecular flexibility index (Phi) is 8.56. The van der Waals surface area contributed by atoms with Crippen LogP contribution in [0.25, 0.3) is 0 Å². The zero-order chi connectivity index (χ0) is 14.1. The van der Waals surface area contributed by atoms with E-state index in [9.17, 15) is 13.2 Å². The summed E-state index contributed by atoms with van der Waals surface area (Å²) in [7, 11) is 1.64. The summed E-state index contributed by atoms with van der Waals surface area (Å²) in [4.78, 5) is 0. The molecular weight excluding hydrogens is 247 g/mol. The summed E-state index contributed by atoms with van der Waals surface area (Å²) >= 11 is 0. The van der Waals surface area contributed by atoms with Crippen molar-refractivity contribution in [1.29, 1.82) is 0 Å². The van der Waals surface area contributed by atoms with Crippen LogP contribution in [0.5, 0.6) is 0 Å². The quantitative estimate of drug-likeness (QED) is 0.620. The van der Waals surface area contributed by atoms with Gasteiger partial charge in [-0.2, -0.15) is 13.2 Å². The first-order valence-corrected chi connectivity index (χ1v) is 6.11. The molecule has 6 heteroatoms. The Hall–Kier alpha value is -0.330. The number of methoxy groups -OCH3 is 1. The molecule has 0 amide bonds. The highest BCUT2D eigenvalue weighted by Crippen LogP contribution is 2.21. The van der Waals surface area contributed by atoms with Crippen LogP contribution in [0.3, 0.4) is 0 Å². The van der Waals surface area contributed by atoms with E-state index in [-0.39, 0.29) is 12.0 Å². The Labute approximate surface area is 107 Å². The van der Waals surface area contributed by atoms with Gasteiger partial charge in [-0.15, -0.1) is 0 Å². The standard InChI is InChI=1S/C12H24F3NO2/c1-11(2,9-16-6-8-17-3)5-4-7-18-10-12(13,14)15/h16H,4-10H2,1-3H3. The summed E-state index contributed by atoms with van der Waals surface area (Å²) in [5.41, 5.74) is 0.0509. The third kappa shape index (κ3) is 12.1. The first-order valence-electron chi connectivity index (χ1n) is 6.11. The van der Waals surface area contributed by atoms with Gasteiger partial charge in [-0.1, -0.05) is 13.8 Å². The number of ether oxygens (including phenoxy) is 2. The molecule has 0 radical (unpaired) electrons. The molecule has 0 aromatic carbocycles. The smallest absolute Gasteiger partial charge is 0.383 e. The molecule has 0 aromatic rings. The monoisotopic (exact) mass is 271 g/mol. The van der Waals surface area contributed by atoms with Crippen LogP contribution in [-0.4, -0.2) is 46.2 Å². The average molecular weight is 271 g/mol. The largest absolute Gasteiger partial charge is 0.411 e. The normalized spacial score (nSPS) is 13.0. The molecule has 0 bridgehead atoms. The lowest BCUT2D eigenvalue weighted by atomic mass is 9.88. The van der Waals surface area contributed by atoms with Crippen molar-refractivity contribution in [3.8, 4) is 0 Å². The summed E-state index contributed by atoms with van der Waals surface area (Å²) in [6, 6.07) is 0. The van der Waals surface area contributed by atoms with E-state index in [0.29, 0.717) is 13.0 Å². The number of hydrogen-bond acceptors (Lipinski definition) is 3. The molecule has 1 N–H and O–H groups in total. The zero-order valence-corrected chi connectivity index (χ0v) is 11.4. The van der Waals surface area contributed by atoms with Crippen LogP contribution in [0.4, 0.5) is 13.2 Å². The van der Waals surface area contributed by atoms with Crippen molar-refractivity contribution in [2.45, 2.75) is 32.9 Å². The van der Waals surface area contributed by atoms with Crippen molar-refractivity contribution in [3.05, 3.63) is 0 Å². The lowest BCUT2D eigenvalue weighted by Gasteiger charge is -2.25. The molecule has 0 aliphatic carbocycles. The molecular formula is C12H24F3NO2. The predicted molar refractivity (Wildman–Crippen MR) is 64.6 cm³/mol. The van der Waals surface area contributed by atoms with Crippen LogP contribution >= 0.6 is 0 Å². The van der Waals surface area contributed by atoms with Gasteiger partial charge in [0.15, 0.2) is 0 Å². The van der Waals surface area contributed by atoms with Gasteiger partial charge in [0, 0.05) is 26.8 Å². The number of hydrogen-bond donors (Lipinski definition) is 1. The SMILES string of the molecule is COCCNCC(C)(C)CCCOCC(F)(F)F. The fourth-order valence-corrected chi connectivity index (χ4v) is 1.53. The fraction of sp³-hybridized carbons (Fsp3) is 1.00. The van der Waals surface area contributed by atoms with E-state index < -0.39 is 12.8 Å². The number of halogens is 3.